The summed E-state index contributed by atoms with van der Waals surface area (Å²) in [4.78, 5) is 24.8. The number of amides is 2. The minimum absolute atomic E-state index is 0.0691. The van der Waals surface area contributed by atoms with E-state index < -0.39 is 11.4 Å². The fourth-order valence-corrected chi connectivity index (χ4v) is 2.82. The number of piperidine rings is 1. The molecule has 1 aliphatic heterocycles. The molecule has 1 saturated heterocycles. The number of aliphatic carboxylic acids is 1. The summed E-state index contributed by atoms with van der Waals surface area (Å²) >= 11 is 1.77. The predicted octanol–water partition coefficient (Wildman–Crippen LogP) is 1.88. The van der Waals surface area contributed by atoms with Crippen molar-refractivity contribution in [2.24, 2.45) is 11.3 Å². The summed E-state index contributed by atoms with van der Waals surface area (Å²) in [6, 6.07) is -0.0691. The Kier molecular flexibility index (Phi) is 5.97. The molecule has 0 aromatic heterocycles. The maximum Gasteiger partial charge on any atom is 0.317 e. The van der Waals surface area contributed by atoms with Crippen molar-refractivity contribution in [2.75, 3.05) is 31.6 Å². The molecular weight excluding hydrogens is 264 g/mol. The first-order chi connectivity index (χ1) is 8.89. The van der Waals surface area contributed by atoms with Crippen LogP contribution < -0.4 is 5.32 Å². The molecule has 5 nitrogen and oxygen atoms in total. The highest BCUT2D eigenvalue weighted by Crippen LogP contribution is 2.30. The van der Waals surface area contributed by atoms with Crippen LogP contribution in [-0.2, 0) is 4.79 Å². The second kappa shape index (κ2) is 7.03. The number of carboxylic acids is 1. The lowest BCUT2D eigenvalue weighted by Gasteiger charge is -2.36. The zero-order valence-electron chi connectivity index (χ0n) is 11.9. The summed E-state index contributed by atoms with van der Waals surface area (Å²) in [6.45, 7) is 5.57. The summed E-state index contributed by atoms with van der Waals surface area (Å²) in [5.41, 5.74) is -0.678. The molecule has 1 atom stereocenters. The molecule has 1 heterocycles. The number of thioether (sulfide) groups is 1. The van der Waals surface area contributed by atoms with Crippen molar-refractivity contribution in [2.45, 2.75) is 26.7 Å². The van der Waals surface area contributed by atoms with Gasteiger partial charge in [-0.1, -0.05) is 6.92 Å². The van der Waals surface area contributed by atoms with Gasteiger partial charge in [0.15, 0.2) is 0 Å². The molecule has 110 valence electrons. The Labute approximate surface area is 119 Å². The zero-order chi connectivity index (χ0) is 14.5. The van der Waals surface area contributed by atoms with Gasteiger partial charge in [0.25, 0.3) is 0 Å². The Morgan fingerprint density at radius 3 is 2.47 bits per heavy atom. The average Bonchev–Trinajstić information content (AvgIpc) is 2.37. The normalized spacial score (nSPS) is 19.8. The lowest BCUT2D eigenvalue weighted by Crippen LogP contribution is -2.49. The summed E-state index contributed by atoms with van der Waals surface area (Å²) in [7, 11) is 0. The Morgan fingerprint density at radius 1 is 1.42 bits per heavy atom. The van der Waals surface area contributed by atoms with Crippen molar-refractivity contribution in [1.82, 2.24) is 10.2 Å². The topological polar surface area (TPSA) is 69.6 Å². The minimum Gasteiger partial charge on any atom is -0.481 e. The van der Waals surface area contributed by atoms with Crippen LogP contribution in [0.25, 0.3) is 0 Å². The first-order valence-electron chi connectivity index (χ1n) is 6.64. The maximum absolute atomic E-state index is 11.9. The average molecular weight is 288 g/mol. The molecule has 1 unspecified atom stereocenters. The van der Waals surface area contributed by atoms with Crippen LogP contribution >= 0.6 is 11.8 Å². The second-order valence-corrected chi connectivity index (χ2v) is 6.51. The van der Waals surface area contributed by atoms with Crippen LogP contribution in [0, 0.1) is 11.3 Å². The number of hydrogen-bond acceptors (Lipinski definition) is 3. The number of carboxylic acid groups (broad SMARTS) is 1. The first-order valence-corrected chi connectivity index (χ1v) is 8.03. The van der Waals surface area contributed by atoms with Gasteiger partial charge in [-0.2, -0.15) is 11.8 Å². The molecule has 0 aliphatic carbocycles. The van der Waals surface area contributed by atoms with Crippen LogP contribution in [0.1, 0.15) is 26.7 Å². The van der Waals surface area contributed by atoms with Crippen LogP contribution in [-0.4, -0.2) is 53.6 Å². The van der Waals surface area contributed by atoms with Crippen LogP contribution in [0.2, 0.25) is 0 Å². The quantitative estimate of drug-likeness (QED) is 0.810. The van der Waals surface area contributed by atoms with Crippen LogP contribution in [0.3, 0.4) is 0 Å². The van der Waals surface area contributed by atoms with Gasteiger partial charge in [0, 0.05) is 19.6 Å². The molecule has 2 amide bonds. The molecule has 2 N–H and O–H groups in total. The van der Waals surface area contributed by atoms with E-state index in [9.17, 15) is 9.59 Å². The maximum atomic E-state index is 11.9. The van der Waals surface area contributed by atoms with Crippen LogP contribution in [0.15, 0.2) is 0 Å². The van der Waals surface area contributed by atoms with Crippen LogP contribution in [0.5, 0.6) is 0 Å². The van der Waals surface area contributed by atoms with E-state index in [0.29, 0.717) is 38.4 Å². The number of nitrogens with zero attached hydrogens (tertiary/aromatic N) is 1. The molecule has 19 heavy (non-hydrogen) atoms. The Bertz CT molecular complexity index is 328. The largest absolute Gasteiger partial charge is 0.481 e. The highest BCUT2D eigenvalue weighted by Gasteiger charge is 2.37. The molecule has 0 aromatic rings. The monoisotopic (exact) mass is 288 g/mol. The standard InChI is InChI=1S/C13H24N2O3S/c1-10(9-19-3)8-14-12(18)15-6-4-13(2,5-7-15)11(16)17/h10H,4-9H2,1-3H3,(H,14,18)(H,16,17). The molecule has 1 fully saturated rings. The number of nitrogens with one attached hydrogen (secondary N) is 1. The summed E-state index contributed by atoms with van der Waals surface area (Å²) in [5, 5.41) is 12.1. The number of carbonyl (C=O) groups is 2. The predicted molar refractivity (Wildman–Crippen MR) is 77.5 cm³/mol. The number of rotatable bonds is 5. The van der Waals surface area contributed by atoms with E-state index in [1.54, 1.807) is 23.6 Å². The summed E-state index contributed by atoms with van der Waals surface area (Å²) in [5.74, 6) is 0.714. The van der Waals surface area contributed by atoms with E-state index in [2.05, 4.69) is 18.5 Å². The third kappa shape index (κ3) is 4.60. The van der Waals surface area contributed by atoms with E-state index in [0.717, 1.165) is 5.75 Å². The van der Waals surface area contributed by atoms with Gasteiger partial charge >= 0.3 is 12.0 Å². The molecule has 0 aromatic carbocycles. The molecule has 1 rings (SSSR count). The van der Waals surface area contributed by atoms with Crippen molar-refractivity contribution in [3.63, 3.8) is 0 Å². The van der Waals surface area contributed by atoms with Gasteiger partial charge < -0.3 is 15.3 Å². The van der Waals surface area contributed by atoms with E-state index >= 15 is 0 Å². The zero-order valence-corrected chi connectivity index (χ0v) is 12.8. The molecule has 1 aliphatic rings. The summed E-state index contributed by atoms with van der Waals surface area (Å²) in [6.07, 6.45) is 3.10. The van der Waals surface area contributed by atoms with Crippen molar-refractivity contribution < 1.29 is 14.7 Å². The minimum atomic E-state index is -0.763. The molecule has 0 spiro atoms. The fraction of sp³-hybridized carbons (Fsp3) is 0.846. The Hall–Kier alpha value is -0.910. The number of hydrogen-bond donors (Lipinski definition) is 2. The Morgan fingerprint density at radius 2 is 2.00 bits per heavy atom. The highest BCUT2D eigenvalue weighted by atomic mass is 32.2. The van der Waals surface area contributed by atoms with E-state index in [-0.39, 0.29) is 6.03 Å². The number of likely N-dealkylation sites (tertiary alicyclic amines) is 1. The second-order valence-electron chi connectivity index (χ2n) is 5.60. The van der Waals surface area contributed by atoms with Gasteiger partial charge in [-0.05, 0) is 37.7 Å². The van der Waals surface area contributed by atoms with E-state index in [4.69, 9.17) is 5.11 Å². The van der Waals surface area contributed by atoms with Gasteiger partial charge in [-0.25, -0.2) is 4.79 Å². The lowest BCUT2D eigenvalue weighted by atomic mass is 9.80. The molecule has 6 heteroatoms. The number of urea groups is 1. The first kappa shape index (κ1) is 16.1. The summed E-state index contributed by atoms with van der Waals surface area (Å²) < 4.78 is 0. The van der Waals surface area contributed by atoms with E-state index in [1.165, 1.54) is 0 Å². The van der Waals surface area contributed by atoms with E-state index in [1.807, 2.05) is 0 Å². The van der Waals surface area contributed by atoms with Crippen molar-refractivity contribution in [1.29, 1.82) is 0 Å². The van der Waals surface area contributed by atoms with Gasteiger partial charge in [0.05, 0.1) is 5.41 Å². The lowest BCUT2D eigenvalue weighted by molar-refractivity contribution is -0.150. The molecule has 0 saturated carbocycles. The van der Waals surface area contributed by atoms with Crippen molar-refractivity contribution in [3.8, 4) is 0 Å². The molecule has 0 radical (unpaired) electrons. The molecular formula is C13H24N2O3S. The van der Waals surface area contributed by atoms with Gasteiger partial charge in [-0.15, -0.1) is 0 Å². The van der Waals surface area contributed by atoms with Crippen molar-refractivity contribution in [3.05, 3.63) is 0 Å². The van der Waals surface area contributed by atoms with Crippen molar-refractivity contribution >= 4 is 23.8 Å². The van der Waals surface area contributed by atoms with Crippen LogP contribution in [0.4, 0.5) is 4.79 Å². The molecule has 0 bridgehead atoms. The third-order valence-corrected chi connectivity index (χ3v) is 4.63. The van der Waals surface area contributed by atoms with Gasteiger partial charge in [-0.3, -0.25) is 4.79 Å². The fourth-order valence-electron chi connectivity index (χ4n) is 2.13. The number of carbonyl (C=O) groups excluding carboxylic acids is 1. The third-order valence-electron chi connectivity index (χ3n) is 3.72. The van der Waals surface area contributed by atoms with Gasteiger partial charge in [0.1, 0.15) is 0 Å². The highest BCUT2D eigenvalue weighted by molar-refractivity contribution is 7.98. The SMILES string of the molecule is CSCC(C)CNC(=O)N1CCC(C)(C(=O)O)CC1. The van der Waals surface area contributed by atoms with Gasteiger partial charge in [0.2, 0.25) is 0 Å². The Balaban J connectivity index is 2.35. The smallest absolute Gasteiger partial charge is 0.317 e.